The first-order chi connectivity index (χ1) is 10.1. The molecular weight excluding hydrogens is 273 g/mol. The molecule has 2 heterocycles. The van der Waals surface area contributed by atoms with E-state index in [9.17, 15) is 9.18 Å². The van der Waals surface area contributed by atoms with Gasteiger partial charge in [0.05, 0.1) is 12.2 Å². The van der Waals surface area contributed by atoms with Crippen molar-refractivity contribution in [3.63, 3.8) is 0 Å². The molecule has 0 aliphatic carbocycles. The van der Waals surface area contributed by atoms with E-state index in [2.05, 4.69) is 10.2 Å². The van der Waals surface area contributed by atoms with Gasteiger partial charge in [0.2, 0.25) is 0 Å². The van der Waals surface area contributed by atoms with Crippen LogP contribution in [0.5, 0.6) is 0 Å². The van der Waals surface area contributed by atoms with E-state index >= 15 is 0 Å². The van der Waals surface area contributed by atoms with Gasteiger partial charge in [0, 0.05) is 25.6 Å². The second-order valence-corrected chi connectivity index (χ2v) is 5.19. The van der Waals surface area contributed by atoms with Crippen LogP contribution in [0, 0.1) is 5.82 Å². The molecule has 0 saturated carbocycles. The van der Waals surface area contributed by atoms with Gasteiger partial charge in [-0.25, -0.2) is 4.39 Å². The second kappa shape index (κ2) is 5.16. The Labute approximate surface area is 121 Å². The van der Waals surface area contributed by atoms with E-state index in [4.69, 9.17) is 5.73 Å². The highest BCUT2D eigenvalue weighted by molar-refractivity contribution is 5.94. The van der Waals surface area contributed by atoms with Gasteiger partial charge in [-0.05, 0) is 24.6 Å². The quantitative estimate of drug-likeness (QED) is 0.862. The summed E-state index contributed by atoms with van der Waals surface area (Å²) in [6, 6.07) is 4.07. The molecule has 3 rings (SSSR count). The van der Waals surface area contributed by atoms with Crippen molar-refractivity contribution in [1.82, 2.24) is 19.7 Å². The van der Waals surface area contributed by atoms with E-state index in [-0.39, 0.29) is 17.2 Å². The van der Waals surface area contributed by atoms with E-state index in [1.165, 1.54) is 17.0 Å². The summed E-state index contributed by atoms with van der Waals surface area (Å²) in [4.78, 5) is 13.8. The summed E-state index contributed by atoms with van der Waals surface area (Å²) >= 11 is 0. The molecule has 1 amide bonds. The van der Waals surface area contributed by atoms with Crippen LogP contribution < -0.4 is 5.73 Å². The summed E-state index contributed by atoms with van der Waals surface area (Å²) in [6.45, 7) is 1.23. The summed E-state index contributed by atoms with van der Waals surface area (Å²) in [6.07, 6.45) is 1.98. The number of fused-ring (bicyclic) bond motifs is 1. The fraction of sp³-hybridized carbons (Fsp3) is 0.357. The van der Waals surface area contributed by atoms with Crippen molar-refractivity contribution in [3.8, 4) is 0 Å². The molecule has 1 aliphatic rings. The zero-order valence-electron chi connectivity index (χ0n) is 11.7. The van der Waals surface area contributed by atoms with Crippen LogP contribution in [0.3, 0.4) is 0 Å². The molecule has 1 aromatic heterocycles. The van der Waals surface area contributed by atoms with Gasteiger partial charge in [-0.1, -0.05) is 0 Å². The molecule has 6 nitrogen and oxygen atoms in total. The smallest absolute Gasteiger partial charge is 0.254 e. The fourth-order valence-corrected chi connectivity index (χ4v) is 2.49. The number of halogens is 1. The third-order valence-electron chi connectivity index (χ3n) is 3.66. The van der Waals surface area contributed by atoms with E-state index in [0.29, 0.717) is 6.54 Å². The normalized spacial score (nSPS) is 13.2. The van der Waals surface area contributed by atoms with Gasteiger partial charge in [0.15, 0.2) is 5.82 Å². The zero-order valence-corrected chi connectivity index (χ0v) is 11.7. The molecule has 1 aromatic carbocycles. The van der Waals surface area contributed by atoms with Gasteiger partial charge in [-0.15, -0.1) is 10.2 Å². The largest absolute Gasteiger partial charge is 0.396 e. The highest BCUT2D eigenvalue weighted by Crippen LogP contribution is 2.17. The molecule has 0 bridgehead atoms. The van der Waals surface area contributed by atoms with Crippen molar-refractivity contribution in [1.29, 1.82) is 0 Å². The van der Waals surface area contributed by atoms with Crippen LogP contribution in [-0.2, 0) is 19.5 Å². The topological polar surface area (TPSA) is 77.0 Å². The van der Waals surface area contributed by atoms with Gasteiger partial charge in [-0.2, -0.15) is 0 Å². The van der Waals surface area contributed by atoms with Gasteiger partial charge < -0.3 is 15.2 Å². The van der Waals surface area contributed by atoms with E-state index in [0.717, 1.165) is 37.1 Å². The van der Waals surface area contributed by atoms with Crippen molar-refractivity contribution in [3.05, 3.63) is 41.2 Å². The van der Waals surface area contributed by atoms with Crippen LogP contribution in [0.25, 0.3) is 0 Å². The number of aromatic nitrogens is 3. The Balaban J connectivity index is 1.76. The molecule has 7 heteroatoms. The summed E-state index contributed by atoms with van der Waals surface area (Å²) in [5.74, 6) is 0.862. The number of hydrogen-bond donors (Lipinski definition) is 1. The molecule has 21 heavy (non-hydrogen) atoms. The number of carbonyl (C=O) groups excluding carboxylic acids is 1. The van der Waals surface area contributed by atoms with E-state index < -0.39 is 5.82 Å². The molecule has 0 fully saturated rings. The molecule has 0 unspecified atom stereocenters. The molecule has 2 aromatic rings. The van der Waals surface area contributed by atoms with Crippen molar-refractivity contribution in [2.75, 3.05) is 12.8 Å². The average Bonchev–Trinajstić information content (AvgIpc) is 3.06. The van der Waals surface area contributed by atoms with Crippen molar-refractivity contribution in [2.45, 2.75) is 25.9 Å². The Kier molecular flexibility index (Phi) is 3.32. The lowest BCUT2D eigenvalue weighted by atomic mass is 10.1. The Morgan fingerprint density at radius 3 is 3.05 bits per heavy atom. The Bertz CT molecular complexity index is 697. The third-order valence-corrected chi connectivity index (χ3v) is 3.66. The van der Waals surface area contributed by atoms with Crippen LogP contribution in [0.2, 0.25) is 0 Å². The number of amides is 1. The Morgan fingerprint density at radius 2 is 2.29 bits per heavy atom. The van der Waals surface area contributed by atoms with Crippen LogP contribution in [0.4, 0.5) is 10.1 Å². The predicted octanol–water partition coefficient (Wildman–Crippen LogP) is 1.22. The molecule has 0 spiro atoms. The number of nitrogens with zero attached hydrogens (tertiary/aromatic N) is 4. The summed E-state index contributed by atoms with van der Waals surface area (Å²) in [5.41, 5.74) is 5.72. The number of benzene rings is 1. The minimum Gasteiger partial charge on any atom is -0.396 e. The first-order valence-corrected chi connectivity index (χ1v) is 6.77. The lowest BCUT2D eigenvalue weighted by molar-refractivity contribution is 0.0779. The molecule has 110 valence electrons. The third kappa shape index (κ3) is 2.46. The summed E-state index contributed by atoms with van der Waals surface area (Å²) in [7, 11) is 1.66. The maximum absolute atomic E-state index is 13.4. The van der Waals surface area contributed by atoms with Crippen molar-refractivity contribution in [2.24, 2.45) is 0 Å². The number of nitrogen functional groups attached to an aromatic ring is 1. The summed E-state index contributed by atoms with van der Waals surface area (Å²) in [5, 5.41) is 8.22. The molecule has 0 atom stereocenters. The molecule has 2 N–H and O–H groups in total. The number of nitrogens with two attached hydrogens (primary N) is 1. The molecule has 0 saturated heterocycles. The van der Waals surface area contributed by atoms with Gasteiger partial charge >= 0.3 is 0 Å². The number of anilines is 1. The maximum Gasteiger partial charge on any atom is 0.254 e. The Hall–Kier alpha value is -2.44. The van der Waals surface area contributed by atoms with Crippen molar-refractivity contribution >= 4 is 11.6 Å². The Morgan fingerprint density at radius 1 is 1.48 bits per heavy atom. The maximum atomic E-state index is 13.4. The average molecular weight is 289 g/mol. The fourth-order valence-electron chi connectivity index (χ4n) is 2.49. The zero-order chi connectivity index (χ0) is 15.0. The highest BCUT2D eigenvalue weighted by atomic mass is 19.1. The first-order valence-electron chi connectivity index (χ1n) is 6.77. The van der Waals surface area contributed by atoms with Crippen LogP contribution in [0.1, 0.15) is 28.4 Å². The SMILES string of the molecule is CN(Cc1nnc2n1CCC2)C(=O)c1ccc(N)c(F)c1. The molecular formula is C14H16FN5O. The van der Waals surface area contributed by atoms with E-state index in [1.807, 2.05) is 4.57 Å². The monoisotopic (exact) mass is 289 g/mol. The second-order valence-electron chi connectivity index (χ2n) is 5.19. The highest BCUT2D eigenvalue weighted by Gasteiger charge is 2.20. The van der Waals surface area contributed by atoms with Crippen LogP contribution >= 0.6 is 0 Å². The number of aryl methyl sites for hydroxylation is 1. The number of hydrogen-bond acceptors (Lipinski definition) is 4. The lowest BCUT2D eigenvalue weighted by Gasteiger charge is -2.17. The van der Waals surface area contributed by atoms with Crippen molar-refractivity contribution < 1.29 is 9.18 Å². The predicted molar refractivity (Wildman–Crippen MR) is 75.0 cm³/mol. The van der Waals surface area contributed by atoms with E-state index in [1.54, 1.807) is 7.05 Å². The number of carbonyl (C=O) groups is 1. The van der Waals surface area contributed by atoms with Crippen LogP contribution in [-0.4, -0.2) is 32.6 Å². The van der Waals surface area contributed by atoms with Gasteiger partial charge in [-0.3, -0.25) is 4.79 Å². The molecule has 1 aliphatic heterocycles. The van der Waals surface area contributed by atoms with Gasteiger partial charge in [0.1, 0.15) is 11.6 Å². The minimum absolute atomic E-state index is 0.0319. The standard InChI is InChI=1S/C14H16FN5O/c1-19(8-13-18-17-12-3-2-6-20(12)13)14(21)9-4-5-11(16)10(15)7-9/h4-5,7H,2-3,6,8,16H2,1H3. The first kappa shape index (κ1) is 13.5. The van der Waals surface area contributed by atoms with Crippen LogP contribution in [0.15, 0.2) is 18.2 Å². The molecule has 0 radical (unpaired) electrons. The lowest BCUT2D eigenvalue weighted by Crippen LogP contribution is -2.27. The minimum atomic E-state index is -0.586. The number of rotatable bonds is 3. The van der Waals surface area contributed by atoms with Gasteiger partial charge in [0.25, 0.3) is 5.91 Å². The summed E-state index contributed by atoms with van der Waals surface area (Å²) < 4.78 is 15.5.